The van der Waals surface area contributed by atoms with E-state index in [1.165, 1.54) is 29.5 Å². The molecule has 0 saturated carbocycles. The fraction of sp³-hybridized carbons (Fsp3) is 0.200. The molecule has 0 N–H and O–H groups in total. The first kappa shape index (κ1) is 18.2. The summed E-state index contributed by atoms with van der Waals surface area (Å²) in [5.74, 6) is 0.757. The average molecular weight is 342 g/mol. The van der Waals surface area contributed by atoms with Crippen LogP contribution in [-0.2, 0) is 11.2 Å². The predicted molar refractivity (Wildman–Crippen MR) is 110 cm³/mol. The molecule has 0 spiro atoms. The minimum atomic E-state index is 0.757. The van der Waals surface area contributed by atoms with Crippen LogP contribution in [0.1, 0.15) is 23.1 Å². The Morgan fingerprint density at radius 1 is 0.769 bits per heavy atom. The van der Waals surface area contributed by atoms with Crippen LogP contribution in [0.3, 0.4) is 0 Å². The topological polar surface area (TPSA) is 9.23 Å². The van der Waals surface area contributed by atoms with E-state index in [0.29, 0.717) is 0 Å². The van der Waals surface area contributed by atoms with Crippen LogP contribution < -0.4 is 0 Å². The van der Waals surface area contributed by atoms with Crippen molar-refractivity contribution < 1.29 is 4.74 Å². The van der Waals surface area contributed by atoms with Crippen LogP contribution in [-0.4, -0.2) is 13.2 Å². The predicted octanol–water partition coefficient (Wildman–Crippen LogP) is 6.01. The van der Waals surface area contributed by atoms with Crippen molar-refractivity contribution >= 4 is 5.57 Å². The summed E-state index contributed by atoms with van der Waals surface area (Å²) in [5.41, 5.74) is 4.87. The summed E-state index contributed by atoms with van der Waals surface area (Å²) in [6, 6.07) is 31.1. The van der Waals surface area contributed by atoms with Gasteiger partial charge in [0.15, 0.2) is 0 Å². The highest BCUT2D eigenvalue weighted by atomic mass is 16.5. The zero-order chi connectivity index (χ0) is 18.0. The fourth-order valence-electron chi connectivity index (χ4n) is 3.14. The van der Waals surface area contributed by atoms with Crippen LogP contribution in [0.25, 0.3) is 5.57 Å². The zero-order valence-electron chi connectivity index (χ0n) is 15.2. The maximum atomic E-state index is 5.33. The van der Waals surface area contributed by atoms with Gasteiger partial charge in [-0.2, -0.15) is 0 Å². The third kappa shape index (κ3) is 5.44. The van der Waals surface area contributed by atoms with E-state index in [9.17, 15) is 0 Å². The van der Waals surface area contributed by atoms with Gasteiger partial charge in [-0.05, 0) is 41.0 Å². The van der Waals surface area contributed by atoms with E-state index in [0.717, 1.165) is 24.7 Å². The lowest BCUT2D eigenvalue weighted by molar-refractivity contribution is 0.186. The van der Waals surface area contributed by atoms with Gasteiger partial charge in [0, 0.05) is 13.2 Å². The molecule has 132 valence electrons. The highest BCUT2D eigenvalue weighted by molar-refractivity contribution is 5.77. The number of ether oxygens (including phenoxy) is 1. The Labute approximate surface area is 157 Å². The van der Waals surface area contributed by atoms with Crippen LogP contribution >= 0.6 is 0 Å². The largest absolute Gasteiger partial charge is 0.381 e. The zero-order valence-corrected chi connectivity index (χ0v) is 15.2. The standard InChI is InChI=1S/C14H12.C11H14O/c1-12(13-8-4-2-5-9-13)14-10-6-3-7-11-14;1-2-4-10(5-3-1)8-11-6-7-12-9-11/h2-11H,1H2;1-5,11H,6-9H2. The Bertz CT molecular complexity index is 731. The highest BCUT2D eigenvalue weighted by Gasteiger charge is 2.15. The lowest BCUT2D eigenvalue weighted by Crippen LogP contribution is -2.02. The molecule has 3 aromatic rings. The SMILES string of the molecule is C=C(c1ccccc1)c1ccccc1.c1ccc(CC2CCOC2)cc1. The quantitative estimate of drug-likeness (QED) is 0.564. The second kappa shape index (κ2) is 9.74. The lowest BCUT2D eigenvalue weighted by Gasteiger charge is -2.06. The smallest absolute Gasteiger partial charge is 0.0498 e. The van der Waals surface area contributed by atoms with Gasteiger partial charge in [0.2, 0.25) is 0 Å². The van der Waals surface area contributed by atoms with E-state index in [4.69, 9.17) is 4.74 Å². The first-order valence-electron chi connectivity index (χ1n) is 9.24. The van der Waals surface area contributed by atoms with Crippen molar-refractivity contribution in [3.63, 3.8) is 0 Å². The molecule has 4 rings (SSSR count). The number of benzene rings is 3. The van der Waals surface area contributed by atoms with E-state index in [1.807, 2.05) is 36.4 Å². The Hall–Kier alpha value is -2.64. The Kier molecular flexibility index (Phi) is 6.80. The summed E-state index contributed by atoms with van der Waals surface area (Å²) in [4.78, 5) is 0. The van der Waals surface area contributed by atoms with E-state index in [-0.39, 0.29) is 0 Å². The van der Waals surface area contributed by atoms with Crippen molar-refractivity contribution in [3.05, 3.63) is 114 Å². The molecular weight excluding hydrogens is 316 g/mol. The summed E-state index contributed by atoms with van der Waals surface area (Å²) < 4.78 is 5.33. The first-order chi connectivity index (χ1) is 12.8. The monoisotopic (exact) mass is 342 g/mol. The van der Waals surface area contributed by atoms with Crippen LogP contribution in [0.4, 0.5) is 0 Å². The van der Waals surface area contributed by atoms with Crippen LogP contribution in [0, 0.1) is 5.92 Å². The molecule has 1 saturated heterocycles. The van der Waals surface area contributed by atoms with Gasteiger partial charge >= 0.3 is 0 Å². The van der Waals surface area contributed by atoms with Gasteiger partial charge in [-0.3, -0.25) is 0 Å². The van der Waals surface area contributed by atoms with Crippen molar-refractivity contribution in [3.8, 4) is 0 Å². The summed E-state index contributed by atoms with van der Waals surface area (Å²) >= 11 is 0. The molecule has 0 aromatic heterocycles. The second-order valence-corrected chi connectivity index (χ2v) is 6.63. The van der Waals surface area contributed by atoms with Gasteiger partial charge in [-0.25, -0.2) is 0 Å². The summed E-state index contributed by atoms with van der Waals surface area (Å²) in [6.45, 7) is 6.00. The van der Waals surface area contributed by atoms with Crippen molar-refractivity contribution in [2.45, 2.75) is 12.8 Å². The molecule has 26 heavy (non-hydrogen) atoms. The van der Waals surface area contributed by atoms with Crippen LogP contribution in [0.5, 0.6) is 0 Å². The normalized spacial score (nSPS) is 15.8. The molecule has 0 aliphatic carbocycles. The number of rotatable bonds is 4. The number of hydrogen-bond donors (Lipinski definition) is 0. The Balaban J connectivity index is 0.000000152. The van der Waals surface area contributed by atoms with Gasteiger partial charge < -0.3 is 4.74 Å². The molecular formula is C25H26O. The third-order valence-corrected chi connectivity index (χ3v) is 4.64. The van der Waals surface area contributed by atoms with Gasteiger partial charge in [0.1, 0.15) is 0 Å². The molecule has 0 radical (unpaired) electrons. The van der Waals surface area contributed by atoms with E-state index in [1.54, 1.807) is 0 Å². The molecule has 3 aromatic carbocycles. The number of hydrogen-bond acceptors (Lipinski definition) is 1. The van der Waals surface area contributed by atoms with Gasteiger partial charge in [-0.15, -0.1) is 0 Å². The highest BCUT2D eigenvalue weighted by Crippen LogP contribution is 2.20. The van der Waals surface area contributed by atoms with Crippen molar-refractivity contribution in [1.29, 1.82) is 0 Å². The van der Waals surface area contributed by atoms with Gasteiger partial charge in [0.05, 0.1) is 0 Å². The first-order valence-corrected chi connectivity index (χ1v) is 9.24. The summed E-state index contributed by atoms with van der Waals surface area (Å²) in [5, 5.41) is 0. The van der Waals surface area contributed by atoms with E-state index < -0.39 is 0 Å². The molecule has 0 bridgehead atoms. The van der Waals surface area contributed by atoms with Crippen LogP contribution in [0.2, 0.25) is 0 Å². The molecule has 1 atom stereocenters. The molecule has 1 aliphatic heterocycles. The average Bonchev–Trinajstić information content (AvgIpc) is 3.23. The van der Waals surface area contributed by atoms with Crippen LogP contribution in [0.15, 0.2) is 97.6 Å². The molecule has 1 aliphatic rings. The molecule has 0 amide bonds. The lowest BCUT2D eigenvalue weighted by atomic mass is 9.99. The van der Waals surface area contributed by atoms with E-state index in [2.05, 4.69) is 61.2 Å². The maximum absolute atomic E-state index is 5.33. The van der Waals surface area contributed by atoms with E-state index >= 15 is 0 Å². The molecule has 1 fully saturated rings. The Morgan fingerprint density at radius 3 is 1.73 bits per heavy atom. The fourth-order valence-corrected chi connectivity index (χ4v) is 3.14. The van der Waals surface area contributed by atoms with Crippen molar-refractivity contribution in [2.75, 3.05) is 13.2 Å². The molecule has 1 nitrogen and oxygen atoms in total. The minimum Gasteiger partial charge on any atom is -0.381 e. The molecule has 1 unspecified atom stereocenters. The third-order valence-electron chi connectivity index (χ3n) is 4.64. The molecule has 1 heteroatoms. The summed E-state index contributed by atoms with van der Waals surface area (Å²) in [7, 11) is 0. The minimum absolute atomic E-state index is 0.757. The second-order valence-electron chi connectivity index (χ2n) is 6.63. The molecule has 1 heterocycles. The summed E-state index contributed by atoms with van der Waals surface area (Å²) in [6.07, 6.45) is 2.41. The maximum Gasteiger partial charge on any atom is 0.0498 e. The van der Waals surface area contributed by atoms with Crippen molar-refractivity contribution in [2.24, 2.45) is 5.92 Å². The Morgan fingerprint density at radius 2 is 1.27 bits per heavy atom. The van der Waals surface area contributed by atoms with Gasteiger partial charge in [0.25, 0.3) is 0 Å². The van der Waals surface area contributed by atoms with Crippen molar-refractivity contribution in [1.82, 2.24) is 0 Å². The van der Waals surface area contributed by atoms with Gasteiger partial charge in [-0.1, -0.05) is 97.6 Å².